The topological polar surface area (TPSA) is 17.1 Å². The summed E-state index contributed by atoms with van der Waals surface area (Å²) in [5, 5.41) is 1.34. The smallest absolute Gasteiger partial charge is 0.135 e. The molecule has 0 spiro atoms. The number of hydrogen-bond donors (Lipinski definition) is 0. The second-order valence-electron chi connectivity index (χ2n) is 6.45. The van der Waals surface area contributed by atoms with Crippen LogP contribution in [0.25, 0.3) is 0 Å². The zero-order valence-corrected chi connectivity index (χ0v) is 13.8. The highest BCUT2D eigenvalue weighted by molar-refractivity contribution is 6.35. The molecule has 0 heterocycles. The van der Waals surface area contributed by atoms with Crippen LogP contribution in [-0.4, -0.2) is 5.78 Å². The summed E-state index contributed by atoms with van der Waals surface area (Å²) in [5.41, 5.74) is 0.725. The van der Waals surface area contributed by atoms with Crippen LogP contribution in [0.15, 0.2) is 18.2 Å². The van der Waals surface area contributed by atoms with Crippen LogP contribution in [-0.2, 0) is 10.2 Å². The molecule has 106 valence electrons. The third-order valence-electron chi connectivity index (χ3n) is 3.99. The summed E-state index contributed by atoms with van der Waals surface area (Å²) in [5.74, 6) is 0.227. The predicted octanol–water partition coefficient (Wildman–Crippen LogP) is 5.67. The maximum atomic E-state index is 11.6. The van der Waals surface area contributed by atoms with E-state index in [4.69, 9.17) is 23.2 Å². The largest absolute Gasteiger partial charge is 0.299 e. The summed E-state index contributed by atoms with van der Waals surface area (Å²) in [6, 6.07) is 5.61. The molecule has 0 amide bonds. The van der Waals surface area contributed by atoms with Crippen molar-refractivity contribution in [3.05, 3.63) is 33.8 Å². The summed E-state index contributed by atoms with van der Waals surface area (Å²) in [4.78, 5) is 11.6. The average molecular weight is 301 g/mol. The van der Waals surface area contributed by atoms with E-state index >= 15 is 0 Å². The van der Waals surface area contributed by atoms with Crippen LogP contribution >= 0.6 is 23.2 Å². The highest BCUT2D eigenvalue weighted by Gasteiger charge is 2.29. The Hall–Kier alpha value is -0.530. The number of ketones is 1. The highest BCUT2D eigenvalue weighted by atomic mass is 35.5. The van der Waals surface area contributed by atoms with Crippen LogP contribution in [0.3, 0.4) is 0 Å². The predicted molar refractivity (Wildman–Crippen MR) is 83.2 cm³/mol. The molecule has 1 aromatic rings. The van der Waals surface area contributed by atoms with Crippen LogP contribution in [0.2, 0.25) is 10.0 Å². The Morgan fingerprint density at radius 3 is 2.16 bits per heavy atom. The Morgan fingerprint density at radius 1 is 1.11 bits per heavy atom. The molecule has 0 aliphatic heterocycles. The number of benzene rings is 1. The van der Waals surface area contributed by atoms with Gasteiger partial charge in [-0.1, -0.05) is 57.0 Å². The van der Waals surface area contributed by atoms with Gasteiger partial charge >= 0.3 is 0 Å². The Labute approximate surface area is 126 Å². The molecule has 0 saturated heterocycles. The standard InChI is InChI=1S/C16H22Cl2O/c1-11(19)15(2,3)8-9-16(4,5)13-7-6-12(17)10-14(13)18/h6-7,10H,8-9H2,1-5H3. The van der Waals surface area contributed by atoms with E-state index in [0.29, 0.717) is 10.0 Å². The number of Topliss-reactive ketones (excluding diaryl/α,β-unsaturated/α-hetero) is 1. The summed E-state index contributed by atoms with van der Waals surface area (Å²) < 4.78 is 0. The number of carbonyl (C=O) groups excluding carboxylic acids is 1. The van der Waals surface area contributed by atoms with E-state index in [9.17, 15) is 4.79 Å². The molecule has 1 nitrogen and oxygen atoms in total. The van der Waals surface area contributed by atoms with Gasteiger partial charge in [0.05, 0.1) is 0 Å². The van der Waals surface area contributed by atoms with Gasteiger partial charge in [-0.15, -0.1) is 0 Å². The van der Waals surface area contributed by atoms with Crippen LogP contribution < -0.4 is 0 Å². The average Bonchev–Trinajstić information content (AvgIpc) is 2.26. The van der Waals surface area contributed by atoms with Gasteiger partial charge in [0, 0.05) is 15.5 Å². The van der Waals surface area contributed by atoms with Gasteiger partial charge in [0.15, 0.2) is 0 Å². The van der Waals surface area contributed by atoms with E-state index in [1.807, 2.05) is 26.0 Å². The van der Waals surface area contributed by atoms with Gasteiger partial charge in [-0.2, -0.15) is 0 Å². The molecule has 0 aliphatic rings. The molecule has 0 aliphatic carbocycles. The van der Waals surface area contributed by atoms with Crippen molar-refractivity contribution >= 4 is 29.0 Å². The maximum absolute atomic E-state index is 11.6. The normalized spacial score (nSPS) is 12.6. The zero-order chi connectivity index (χ0) is 14.8. The lowest BCUT2D eigenvalue weighted by molar-refractivity contribution is -0.125. The molecule has 0 N–H and O–H groups in total. The summed E-state index contributed by atoms with van der Waals surface area (Å²) in [7, 11) is 0. The fourth-order valence-electron chi connectivity index (χ4n) is 1.97. The molecule has 0 saturated carbocycles. The Kier molecular flexibility index (Phi) is 5.08. The van der Waals surface area contributed by atoms with E-state index in [-0.39, 0.29) is 16.6 Å². The fraction of sp³-hybridized carbons (Fsp3) is 0.562. The van der Waals surface area contributed by atoms with Crippen molar-refractivity contribution in [1.29, 1.82) is 0 Å². The molecular formula is C16H22Cl2O. The van der Waals surface area contributed by atoms with Crippen molar-refractivity contribution in [3.63, 3.8) is 0 Å². The molecule has 3 heteroatoms. The summed E-state index contributed by atoms with van der Waals surface area (Å²) in [6.45, 7) is 9.95. The number of rotatable bonds is 5. The first kappa shape index (κ1) is 16.5. The minimum Gasteiger partial charge on any atom is -0.299 e. The van der Waals surface area contributed by atoms with Gasteiger partial charge < -0.3 is 0 Å². The van der Waals surface area contributed by atoms with Crippen molar-refractivity contribution < 1.29 is 4.79 Å². The lowest BCUT2D eigenvalue weighted by atomic mass is 9.74. The molecule has 0 aromatic heterocycles. The lowest BCUT2D eigenvalue weighted by Gasteiger charge is -2.31. The molecule has 0 bridgehead atoms. The third-order valence-corrected chi connectivity index (χ3v) is 4.54. The van der Waals surface area contributed by atoms with Crippen molar-refractivity contribution in [1.82, 2.24) is 0 Å². The number of carbonyl (C=O) groups is 1. The van der Waals surface area contributed by atoms with E-state index in [0.717, 1.165) is 18.4 Å². The van der Waals surface area contributed by atoms with Crippen molar-refractivity contribution in [2.45, 2.75) is 52.9 Å². The molecule has 0 radical (unpaired) electrons. The van der Waals surface area contributed by atoms with Crippen molar-refractivity contribution in [2.24, 2.45) is 5.41 Å². The Bertz CT molecular complexity index is 476. The molecule has 0 unspecified atom stereocenters. The van der Waals surface area contributed by atoms with Gasteiger partial charge in [-0.05, 0) is 42.9 Å². The second-order valence-corrected chi connectivity index (χ2v) is 7.29. The lowest BCUT2D eigenvalue weighted by Crippen LogP contribution is -2.26. The first-order valence-corrected chi connectivity index (χ1v) is 7.28. The first-order valence-electron chi connectivity index (χ1n) is 6.53. The SMILES string of the molecule is CC(=O)C(C)(C)CCC(C)(C)c1ccc(Cl)cc1Cl. The Morgan fingerprint density at radius 2 is 1.68 bits per heavy atom. The molecule has 0 atom stereocenters. The maximum Gasteiger partial charge on any atom is 0.135 e. The van der Waals surface area contributed by atoms with E-state index < -0.39 is 0 Å². The van der Waals surface area contributed by atoms with E-state index in [1.54, 1.807) is 13.0 Å². The van der Waals surface area contributed by atoms with Crippen LogP contribution in [0.5, 0.6) is 0 Å². The van der Waals surface area contributed by atoms with E-state index in [1.165, 1.54) is 0 Å². The molecule has 0 fully saturated rings. The number of hydrogen-bond acceptors (Lipinski definition) is 1. The van der Waals surface area contributed by atoms with Gasteiger partial charge in [-0.3, -0.25) is 4.79 Å². The van der Waals surface area contributed by atoms with Crippen LogP contribution in [0, 0.1) is 5.41 Å². The zero-order valence-electron chi connectivity index (χ0n) is 12.3. The quantitative estimate of drug-likeness (QED) is 0.685. The molecular weight excluding hydrogens is 279 g/mol. The molecule has 19 heavy (non-hydrogen) atoms. The van der Waals surface area contributed by atoms with E-state index in [2.05, 4.69) is 13.8 Å². The third kappa shape index (κ3) is 4.22. The van der Waals surface area contributed by atoms with Crippen LogP contribution in [0.4, 0.5) is 0 Å². The fourth-order valence-corrected chi connectivity index (χ4v) is 2.64. The van der Waals surface area contributed by atoms with Gasteiger partial charge in [0.1, 0.15) is 5.78 Å². The minimum atomic E-state index is -0.282. The second kappa shape index (κ2) is 5.85. The monoisotopic (exact) mass is 300 g/mol. The van der Waals surface area contributed by atoms with Gasteiger partial charge in [-0.25, -0.2) is 0 Å². The first-order chi connectivity index (χ1) is 8.56. The Balaban J connectivity index is 2.89. The van der Waals surface area contributed by atoms with Crippen molar-refractivity contribution in [2.75, 3.05) is 0 Å². The summed E-state index contributed by atoms with van der Waals surface area (Å²) >= 11 is 12.2. The van der Waals surface area contributed by atoms with Gasteiger partial charge in [0.2, 0.25) is 0 Å². The minimum absolute atomic E-state index is 0.0750. The number of halogens is 2. The van der Waals surface area contributed by atoms with Gasteiger partial charge in [0.25, 0.3) is 0 Å². The molecule has 1 rings (SSSR count). The molecule has 1 aromatic carbocycles. The summed E-state index contributed by atoms with van der Waals surface area (Å²) in [6.07, 6.45) is 1.75. The highest BCUT2D eigenvalue weighted by Crippen LogP contribution is 2.38. The van der Waals surface area contributed by atoms with Crippen molar-refractivity contribution in [3.8, 4) is 0 Å². The van der Waals surface area contributed by atoms with Crippen LogP contribution in [0.1, 0.15) is 53.0 Å².